The lowest BCUT2D eigenvalue weighted by molar-refractivity contribution is 0.101. The molecule has 2 aromatic rings. The van der Waals surface area contributed by atoms with Crippen LogP contribution in [0.2, 0.25) is 0 Å². The molecule has 2 aromatic carbocycles. The van der Waals surface area contributed by atoms with E-state index in [1.54, 1.807) is 6.07 Å². The van der Waals surface area contributed by atoms with Crippen LogP contribution >= 0.6 is 0 Å². The molecule has 0 fully saturated rings. The van der Waals surface area contributed by atoms with Crippen LogP contribution in [0.25, 0.3) is 4.13 Å². The fourth-order valence-electron chi connectivity index (χ4n) is 1.67. The van der Waals surface area contributed by atoms with Gasteiger partial charge in [0.05, 0.1) is 0 Å². The first-order chi connectivity index (χ1) is 10.2. The van der Waals surface area contributed by atoms with Crippen molar-refractivity contribution >= 4 is 25.8 Å². The summed E-state index contributed by atoms with van der Waals surface area (Å²) < 4.78 is 51.2. The molecule has 8 heteroatoms. The Bertz CT molecular complexity index is 886. The molecule has 0 amide bonds. The molecule has 0 heterocycles. The van der Waals surface area contributed by atoms with E-state index < -0.39 is 20.0 Å². The Kier molecular flexibility index (Phi) is 4.45. The first-order valence-corrected chi connectivity index (χ1v) is 9.01. The third kappa shape index (κ3) is 3.59. The number of carbonyl (C=O) groups is 1. The smallest absolute Gasteiger partial charge is 0.159 e. The number of hydrogen-bond acceptors (Lipinski definition) is 5. The van der Waals surface area contributed by atoms with Gasteiger partial charge in [0, 0.05) is 15.4 Å². The molecule has 0 unspecified atom stereocenters. The maximum atomic E-state index is 12.1. The molecular formula is C14H12NO5S2-. The minimum absolute atomic E-state index is 0.209. The van der Waals surface area contributed by atoms with Crippen LogP contribution in [0.3, 0.4) is 0 Å². The zero-order valence-corrected chi connectivity index (χ0v) is 13.1. The summed E-state index contributed by atoms with van der Waals surface area (Å²) in [6.45, 7) is 1.34. The van der Waals surface area contributed by atoms with Crippen molar-refractivity contribution in [2.24, 2.45) is 0 Å². The number of nitrogens with zero attached hydrogens (tertiary/aromatic N) is 1. The minimum atomic E-state index is -4.38. The fourth-order valence-corrected chi connectivity index (χ4v) is 4.37. The number of benzene rings is 2. The molecule has 0 radical (unpaired) electrons. The van der Waals surface area contributed by atoms with E-state index in [9.17, 15) is 21.6 Å². The van der Waals surface area contributed by atoms with Gasteiger partial charge in [0.15, 0.2) is 5.78 Å². The van der Waals surface area contributed by atoms with Gasteiger partial charge >= 0.3 is 0 Å². The second-order valence-corrected chi connectivity index (χ2v) is 7.86. The van der Waals surface area contributed by atoms with Gasteiger partial charge in [-0.05, 0) is 31.2 Å². The van der Waals surface area contributed by atoms with E-state index in [0.29, 0.717) is 5.56 Å². The van der Waals surface area contributed by atoms with E-state index in [-0.39, 0.29) is 15.6 Å². The average Bonchev–Trinajstić information content (AvgIpc) is 2.47. The Balaban J connectivity index is 2.34. The highest BCUT2D eigenvalue weighted by Gasteiger charge is 2.13. The first kappa shape index (κ1) is 16.3. The predicted molar refractivity (Wildman–Crippen MR) is 80.6 cm³/mol. The molecule has 0 saturated carbocycles. The molecule has 22 heavy (non-hydrogen) atoms. The molecular weight excluding hydrogens is 326 g/mol. The number of carbonyl (C=O) groups excluding carboxylic acids is 1. The number of rotatable bonds is 5. The second-order valence-electron chi connectivity index (χ2n) is 4.42. The average molecular weight is 338 g/mol. The van der Waals surface area contributed by atoms with Crippen LogP contribution in [0.5, 0.6) is 0 Å². The third-order valence-electron chi connectivity index (χ3n) is 2.80. The van der Waals surface area contributed by atoms with Crippen molar-refractivity contribution in [1.29, 1.82) is 0 Å². The van der Waals surface area contributed by atoms with Gasteiger partial charge < -0.3 is 4.13 Å². The van der Waals surface area contributed by atoms with Gasteiger partial charge in [-0.2, -0.15) is 0 Å². The third-order valence-corrected chi connectivity index (χ3v) is 6.10. The molecule has 0 saturated heterocycles. The Morgan fingerprint density at radius 3 is 1.68 bits per heavy atom. The first-order valence-electron chi connectivity index (χ1n) is 6.13. The van der Waals surface area contributed by atoms with Crippen molar-refractivity contribution in [3.05, 3.63) is 64.3 Å². The normalized spacial score (nSPS) is 12.0. The summed E-state index contributed by atoms with van der Waals surface area (Å²) in [5, 5.41) is 0. The summed E-state index contributed by atoms with van der Waals surface area (Å²) in [5.74, 6) is -0.224. The van der Waals surface area contributed by atoms with E-state index in [0.717, 1.165) is 12.1 Å². The fraction of sp³-hybridized carbons (Fsp3) is 0.0714. The van der Waals surface area contributed by atoms with Crippen LogP contribution < -0.4 is 0 Å². The van der Waals surface area contributed by atoms with E-state index in [1.165, 1.54) is 43.3 Å². The highest BCUT2D eigenvalue weighted by Crippen LogP contribution is 2.25. The van der Waals surface area contributed by atoms with Crippen molar-refractivity contribution in [3.63, 3.8) is 0 Å². The van der Waals surface area contributed by atoms with Gasteiger partial charge in [-0.25, -0.2) is 16.8 Å². The van der Waals surface area contributed by atoms with Gasteiger partial charge in [-0.15, -0.1) is 0 Å². The Morgan fingerprint density at radius 1 is 0.773 bits per heavy atom. The maximum absolute atomic E-state index is 12.1. The van der Waals surface area contributed by atoms with Gasteiger partial charge in [-0.3, -0.25) is 4.79 Å². The molecule has 0 atom stereocenters. The maximum Gasteiger partial charge on any atom is 0.159 e. The van der Waals surface area contributed by atoms with Crippen molar-refractivity contribution in [3.8, 4) is 0 Å². The Hall–Kier alpha value is -2.03. The summed E-state index contributed by atoms with van der Waals surface area (Å²) in [7, 11) is -8.71. The topological polar surface area (TPSA) is 99.4 Å². The number of Topliss-reactive ketones (excluding diaryl/α,β-unsaturated/α-hetero) is 1. The largest absolute Gasteiger partial charge is 0.428 e. The highest BCUT2D eigenvalue weighted by atomic mass is 32.3. The summed E-state index contributed by atoms with van der Waals surface area (Å²) in [6.07, 6.45) is 0. The van der Waals surface area contributed by atoms with Crippen LogP contribution in [-0.2, 0) is 20.0 Å². The van der Waals surface area contributed by atoms with Gasteiger partial charge in [-0.1, -0.05) is 30.3 Å². The van der Waals surface area contributed by atoms with Crippen molar-refractivity contribution in [2.45, 2.75) is 16.7 Å². The van der Waals surface area contributed by atoms with Crippen LogP contribution in [0.4, 0.5) is 0 Å². The van der Waals surface area contributed by atoms with Crippen LogP contribution in [0.15, 0.2) is 64.4 Å². The standard InChI is InChI=1S/C14H12NO5S2/c1-11(16)12-7-9-14(10-8-12)22(19,20)15-21(17,18)13-5-3-2-4-6-13/h2-10H,1H3/q-1. The molecule has 0 bridgehead atoms. The zero-order valence-electron chi connectivity index (χ0n) is 11.5. The van der Waals surface area contributed by atoms with E-state index in [1.807, 2.05) is 0 Å². The predicted octanol–water partition coefficient (Wildman–Crippen LogP) is 2.34. The molecule has 0 aliphatic rings. The molecule has 0 N–H and O–H groups in total. The minimum Gasteiger partial charge on any atom is -0.428 e. The lowest BCUT2D eigenvalue weighted by atomic mass is 10.2. The molecule has 6 nitrogen and oxygen atoms in total. The van der Waals surface area contributed by atoms with Crippen LogP contribution in [0.1, 0.15) is 17.3 Å². The van der Waals surface area contributed by atoms with Crippen LogP contribution in [-0.4, -0.2) is 22.6 Å². The quantitative estimate of drug-likeness (QED) is 0.779. The highest BCUT2D eigenvalue weighted by molar-refractivity contribution is 8.12. The second kappa shape index (κ2) is 5.99. The number of hydrogen-bond donors (Lipinski definition) is 0. The summed E-state index contributed by atoms with van der Waals surface area (Å²) in [4.78, 5) is 10.6. The summed E-state index contributed by atoms with van der Waals surface area (Å²) in [5.41, 5.74) is 0.324. The van der Waals surface area contributed by atoms with Crippen molar-refractivity contribution in [2.75, 3.05) is 0 Å². The molecule has 0 aliphatic carbocycles. The molecule has 116 valence electrons. The van der Waals surface area contributed by atoms with Crippen molar-refractivity contribution < 1.29 is 21.6 Å². The van der Waals surface area contributed by atoms with E-state index in [4.69, 9.17) is 0 Å². The molecule has 0 aromatic heterocycles. The number of sulfonamides is 2. The lowest BCUT2D eigenvalue weighted by Gasteiger charge is -2.20. The summed E-state index contributed by atoms with van der Waals surface area (Å²) in [6, 6.07) is 12.0. The van der Waals surface area contributed by atoms with Crippen molar-refractivity contribution in [1.82, 2.24) is 0 Å². The monoisotopic (exact) mass is 338 g/mol. The lowest BCUT2D eigenvalue weighted by Crippen LogP contribution is -2.08. The molecule has 0 aliphatic heterocycles. The SMILES string of the molecule is CC(=O)c1ccc(S(=O)(=O)[N-]S(=O)(=O)c2ccccc2)cc1. The Morgan fingerprint density at radius 2 is 1.23 bits per heavy atom. The molecule has 2 rings (SSSR count). The van der Waals surface area contributed by atoms with E-state index in [2.05, 4.69) is 4.13 Å². The number of ketones is 1. The van der Waals surface area contributed by atoms with E-state index >= 15 is 0 Å². The van der Waals surface area contributed by atoms with Gasteiger partial charge in [0.1, 0.15) is 20.0 Å². The van der Waals surface area contributed by atoms with Gasteiger partial charge in [0.25, 0.3) is 0 Å². The Labute approximate surface area is 128 Å². The zero-order chi connectivity index (χ0) is 16.4. The molecule has 0 spiro atoms. The van der Waals surface area contributed by atoms with Gasteiger partial charge in [0.2, 0.25) is 0 Å². The summed E-state index contributed by atoms with van der Waals surface area (Å²) >= 11 is 0. The van der Waals surface area contributed by atoms with Crippen LogP contribution in [0, 0.1) is 0 Å².